The summed E-state index contributed by atoms with van der Waals surface area (Å²) in [6.07, 6.45) is 3.05. The number of aromatic amines is 1. The van der Waals surface area contributed by atoms with Gasteiger partial charge in [0.2, 0.25) is 5.95 Å². The number of hydrogen-bond acceptors (Lipinski definition) is 6. The molecule has 4 N–H and O–H groups in total. The molecule has 9 heteroatoms. The SMILES string of the molecule is CC(CO)(Nc1nc2c(CNc3ncco3)cccc2[nH]1)c1cc(Cl)ccc1F. The van der Waals surface area contributed by atoms with Gasteiger partial charge >= 0.3 is 0 Å². The Bertz CT molecular complexity index is 1130. The molecule has 1 atom stereocenters. The van der Waals surface area contributed by atoms with Gasteiger partial charge in [0.25, 0.3) is 6.01 Å². The quantitative estimate of drug-likeness (QED) is 0.359. The van der Waals surface area contributed by atoms with E-state index in [9.17, 15) is 9.50 Å². The second-order valence-electron chi connectivity index (χ2n) is 6.83. The Labute approximate surface area is 170 Å². The minimum atomic E-state index is -1.13. The van der Waals surface area contributed by atoms with Crippen molar-refractivity contribution >= 4 is 34.6 Å². The van der Waals surface area contributed by atoms with Crippen molar-refractivity contribution in [3.05, 3.63) is 70.8 Å². The summed E-state index contributed by atoms with van der Waals surface area (Å²) in [4.78, 5) is 11.8. The van der Waals surface area contributed by atoms with Crippen LogP contribution in [0.5, 0.6) is 0 Å². The number of aromatic nitrogens is 3. The predicted octanol–water partition coefficient (Wildman–Crippen LogP) is 4.28. The highest BCUT2D eigenvalue weighted by molar-refractivity contribution is 6.30. The fourth-order valence-electron chi connectivity index (χ4n) is 3.15. The van der Waals surface area contributed by atoms with Gasteiger partial charge in [0.15, 0.2) is 0 Å². The first-order valence-corrected chi connectivity index (χ1v) is 9.32. The van der Waals surface area contributed by atoms with Crippen molar-refractivity contribution in [3.63, 3.8) is 0 Å². The molecule has 2 aromatic heterocycles. The number of imidazole rings is 1. The maximum absolute atomic E-state index is 14.4. The molecule has 0 fully saturated rings. The fraction of sp³-hybridized carbons (Fsp3) is 0.200. The van der Waals surface area contributed by atoms with Crippen LogP contribution in [-0.2, 0) is 12.1 Å². The largest absolute Gasteiger partial charge is 0.432 e. The van der Waals surface area contributed by atoms with Gasteiger partial charge in [-0.25, -0.2) is 14.4 Å². The van der Waals surface area contributed by atoms with Crippen LogP contribution in [0.4, 0.5) is 16.4 Å². The van der Waals surface area contributed by atoms with Gasteiger partial charge in [-0.2, -0.15) is 0 Å². The zero-order chi connectivity index (χ0) is 20.4. The smallest absolute Gasteiger partial charge is 0.294 e. The number of oxazole rings is 1. The number of nitrogens with zero attached hydrogens (tertiary/aromatic N) is 2. The first-order valence-electron chi connectivity index (χ1n) is 8.94. The zero-order valence-electron chi connectivity index (χ0n) is 15.5. The van der Waals surface area contributed by atoms with Crippen molar-refractivity contribution < 1.29 is 13.9 Å². The molecule has 2 aromatic carbocycles. The lowest BCUT2D eigenvalue weighted by Crippen LogP contribution is -2.37. The predicted molar refractivity (Wildman–Crippen MR) is 109 cm³/mol. The standard InChI is InChI=1S/C20H19ClFN5O2/c1-20(11-28,14-9-13(21)5-6-15(14)22)27-18-25-16-4-2-3-12(17(16)26-18)10-24-19-23-7-8-29-19/h2-9,28H,10-11H2,1H3,(H,23,24)(H2,25,26,27). The molecule has 0 aliphatic carbocycles. The average molecular weight is 416 g/mol. The van der Waals surface area contributed by atoms with Crippen LogP contribution in [-0.4, -0.2) is 26.7 Å². The first kappa shape index (κ1) is 19.2. The normalized spacial score (nSPS) is 13.4. The van der Waals surface area contributed by atoms with Gasteiger partial charge in [-0.05, 0) is 36.8 Å². The Morgan fingerprint density at radius 1 is 1.31 bits per heavy atom. The number of halogens is 2. The molecule has 0 amide bonds. The number of para-hydroxylation sites is 1. The third kappa shape index (κ3) is 3.90. The summed E-state index contributed by atoms with van der Waals surface area (Å²) in [6.45, 7) is 1.78. The molecule has 0 radical (unpaired) electrons. The number of aliphatic hydroxyl groups excluding tert-OH is 1. The maximum atomic E-state index is 14.4. The van der Waals surface area contributed by atoms with Crippen LogP contribution < -0.4 is 10.6 Å². The van der Waals surface area contributed by atoms with Crippen LogP contribution in [0.3, 0.4) is 0 Å². The van der Waals surface area contributed by atoms with E-state index >= 15 is 0 Å². The summed E-state index contributed by atoms with van der Waals surface area (Å²) in [5.41, 5.74) is 1.58. The Hall–Kier alpha value is -3.10. The van der Waals surface area contributed by atoms with E-state index in [2.05, 4.69) is 25.6 Å². The summed E-state index contributed by atoms with van der Waals surface area (Å²) in [6, 6.07) is 10.4. The summed E-state index contributed by atoms with van der Waals surface area (Å²) in [5, 5.41) is 16.6. The lowest BCUT2D eigenvalue weighted by atomic mass is 9.92. The molecule has 0 aliphatic rings. The lowest BCUT2D eigenvalue weighted by molar-refractivity contribution is 0.220. The van der Waals surface area contributed by atoms with Crippen molar-refractivity contribution in [1.82, 2.24) is 15.0 Å². The molecule has 4 rings (SSSR count). The molecule has 0 saturated carbocycles. The molecule has 2 heterocycles. The fourth-order valence-corrected chi connectivity index (χ4v) is 3.32. The Balaban J connectivity index is 1.63. The number of benzene rings is 2. The van der Waals surface area contributed by atoms with E-state index < -0.39 is 11.4 Å². The molecular weight excluding hydrogens is 397 g/mol. The van der Waals surface area contributed by atoms with E-state index in [-0.39, 0.29) is 12.2 Å². The van der Waals surface area contributed by atoms with Crippen molar-refractivity contribution in [2.45, 2.75) is 19.0 Å². The van der Waals surface area contributed by atoms with Gasteiger partial charge in [0.1, 0.15) is 12.1 Å². The van der Waals surface area contributed by atoms with Gasteiger partial charge in [0, 0.05) is 17.1 Å². The summed E-state index contributed by atoms with van der Waals surface area (Å²) in [7, 11) is 0. The van der Waals surface area contributed by atoms with Crippen molar-refractivity contribution in [2.24, 2.45) is 0 Å². The zero-order valence-corrected chi connectivity index (χ0v) is 16.3. The highest BCUT2D eigenvalue weighted by atomic mass is 35.5. The minimum absolute atomic E-state index is 0.249. The van der Waals surface area contributed by atoms with Crippen molar-refractivity contribution in [1.29, 1.82) is 0 Å². The third-order valence-electron chi connectivity index (χ3n) is 4.69. The molecule has 0 spiro atoms. The van der Waals surface area contributed by atoms with Crippen LogP contribution in [0.15, 0.2) is 53.3 Å². The van der Waals surface area contributed by atoms with Crippen molar-refractivity contribution in [2.75, 3.05) is 17.2 Å². The first-order chi connectivity index (χ1) is 14.0. The second-order valence-corrected chi connectivity index (χ2v) is 7.27. The highest BCUT2D eigenvalue weighted by Crippen LogP contribution is 2.30. The molecule has 0 saturated heterocycles. The number of aliphatic hydroxyl groups is 1. The molecule has 4 aromatic rings. The number of H-pyrrole nitrogens is 1. The highest BCUT2D eigenvalue weighted by Gasteiger charge is 2.30. The van der Waals surface area contributed by atoms with Crippen LogP contribution in [0, 0.1) is 5.82 Å². The Morgan fingerprint density at radius 2 is 2.17 bits per heavy atom. The number of rotatable bonds is 7. The third-order valence-corrected chi connectivity index (χ3v) is 4.93. The maximum Gasteiger partial charge on any atom is 0.294 e. The lowest BCUT2D eigenvalue weighted by Gasteiger charge is -2.29. The molecule has 0 aliphatic heterocycles. The van der Waals surface area contributed by atoms with E-state index in [0.29, 0.717) is 23.5 Å². The Kier molecular flexibility index (Phi) is 5.12. The Morgan fingerprint density at radius 3 is 2.93 bits per heavy atom. The monoisotopic (exact) mass is 415 g/mol. The summed E-state index contributed by atoms with van der Waals surface area (Å²) >= 11 is 6.03. The van der Waals surface area contributed by atoms with E-state index in [1.165, 1.54) is 24.5 Å². The summed E-state index contributed by atoms with van der Waals surface area (Å²) in [5.74, 6) is -0.0649. The van der Waals surface area contributed by atoms with Gasteiger partial charge < -0.3 is 25.1 Å². The number of anilines is 2. The van der Waals surface area contributed by atoms with Crippen LogP contribution >= 0.6 is 11.6 Å². The average Bonchev–Trinajstić information content (AvgIpc) is 3.37. The van der Waals surface area contributed by atoms with E-state index in [1.807, 2.05) is 18.2 Å². The van der Waals surface area contributed by atoms with E-state index in [0.717, 1.165) is 16.6 Å². The molecule has 150 valence electrons. The number of hydrogen-bond donors (Lipinski definition) is 4. The van der Waals surface area contributed by atoms with E-state index in [4.69, 9.17) is 16.0 Å². The summed E-state index contributed by atoms with van der Waals surface area (Å²) < 4.78 is 19.6. The van der Waals surface area contributed by atoms with Crippen LogP contribution in [0.25, 0.3) is 11.0 Å². The van der Waals surface area contributed by atoms with Gasteiger partial charge in [-0.15, -0.1) is 0 Å². The molecular formula is C20H19ClFN5O2. The van der Waals surface area contributed by atoms with E-state index in [1.54, 1.807) is 13.1 Å². The number of nitrogens with one attached hydrogen (secondary N) is 3. The molecule has 7 nitrogen and oxygen atoms in total. The minimum Gasteiger partial charge on any atom is -0.432 e. The van der Waals surface area contributed by atoms with Gasteiger partial charge in [-0.3, -0.25) is 0 Å². The topological polar surface area (TPSA) is 99.0 Å². The number of fused-ring (bicyclic) bond motifs is 1. The molecule has 1 unspecified atom stereocenters. The molecule has 0 bridgehead atoms. The van der Waals surface area contributed by atoms with Gasteiger partial charge in [-0.1, -0.05) is 23.7 Å². The molecule has 29 heavy (non-hydrogen) atoms. The second kappa shape index (κ2) is 7.73. The van der Waals surface area contributed by atoms with Crippen molar-refractivity contribution in [3.8, 4) is 0 Å². The van der Waals surface area contributed by atoms with Crippen LogP contribution in [0.2, 0.25) is 5.02 Å². The van der Waals surface area contributed by atoms with Gasteiger partial charge in [0.05, 0.1) is 29.4 Å². The van der Waals surface area contributed by atoms with Crippen LogP contribution in [0.1, 0.15) is 18.1 Å².